The lowest BCUT2D eigenvalue weighted by molar-refractivity contribution is 0.416. The Morgan fingerprint density at radius 3 is 2.59 bits per heavy atom. The van der Waals surface area contributed by atoms with E-state index in [1.807, 2.05) is 0 Å². The molecular formula is C20H25NS. The van der Waals surface area contributed by atoms with Gasteiger partial charge >= 0.3 is 0 Å². The Morgan fingerprint density at radius 2 is 1.86 bits per heavy atom. The van der Waals surface area contributed by atoms with E-state index in [1.165, 1.54) is 5.56 Å². The fraction of sp³-hybridized carbons (Fsp3) is 0.400. The van der Waals surface area contributed by atoms with Crippen molar-refractivity contribution < 1.29 is 0 Å². The molecule has 0 radical (unpaired) electrons. The molecule has 0 bridgehead atoms. The molecule has 3 atom stereocenters. The first kappa shape index (κ1) is 15.6. The average Bonchev–Trinajstić information content (AvgIpc) is 2.81. The highest BCUT2D eigenvalue weighted by Gasteiger charge is 2.46. The van der Waals surface area contributed by atoms with Crippen LogP contribution in [0.25, 0.3) is 0 Å². The summed E-state index contributed by atoms with van der Waals surface area (Å²) < 4.78 is 0.0852. The van der Waals surface area contributed by atoms with Gasteiger partial charge < -0.3 is 4.90 Å². The first-order valence-corrected chi connectivity index (χ1v) is 8.93. The molecule has 3 unspecified atom stereocenters. The van der Waals surface area contributed by atoms with E-state index in [-0.39, 0.29) is 4.75 Å². The fourth-order valence-electron chi connectivity index (χ4n) is 3.44. The van der Waals surface area contributed by atoms with Crippen LogP contribution >= 0.6 is 11.8 Å². The van der Waals surface area contributed by atoms with Crippen molar-refractivity contribution in [2.45, 2.75) is 23.3 Å². The summed E-state index contributed by atoms with van der Waals surface area (Å²) in [5.74, 6) is 0.544. The van der Waals surface area contributed by atoms with Crippen molar-refractivity contribution in [3.63, 3.8) is 0 Å². The number of rotatable bonds is 4. The largest absolute Gasteiger partial charge is 0.309 e. The van der Waals surface area contributed by atoms with Gasteiger partial charge in [-0.2, -0.15) is 0 Å². The van der Waals surface area contributed by atoms with Crippen LogP contribution in [-0.2, 0) is 4.75 Å². The summed E-state index contributed by atoms with van der Waals surface area (Å²) in [4.78, 5) is 2.26. The van der Waals surface area contributed by atoms with Crippen LogP contribution in [0, 0.1) is 5.92 Å². The fourth-order valence-corrected chi connectivity index (χ4v) is 5.16. The van der Waals surface area contributed by atoms with Crippen molar-refractivity contribution in [2.75, 3.05) is 20.6 Å². The maximum atomic E-state index is 2.49. The second-order valence-corrected chi connectivity index (χ2v) is 8.13. The highest BCUT2D eigenvalue weighted by Crippen LogP contribution is 2.58. The average molecular weight is 311 g/mol. The highest BCUT2D eigenvalue weighted by atomic mass is 32.2. The topological polar surface area (TPSA) is 3.24 Å². The van der Waals surface area contributed by atoms with Crippen molar-refractivity contribution in [1.29, 1.82) is 0 Å². The summed E-state index contributed by atoms with van der Waals surface area (Å²) in [6.45, 7) is 3.50. The lowest BCUT2D eigenvalue weighted by Gasteiger charge is -2.27. The van der Waals surface area contributed by atoms with E-state index in [9.17, 15) is 0 Å². The second-order valence-electron chi connectivity index (χ2n) is 6.53. The van der Waals surface area contributed by atoms with E-state index in [0.29, 0.717) is 11.2 Å². The minimum Gasteiger partial charge on any atom is -0.309 e. The third-order valence-electron chi connectivity index (χ3n) is 4.63. The SMILES string of the molecule is CN(C)CC/C=C1/C2C=CC=CC2SC1(C)c1ccccc1. The zero-order chi connectivity index (χ0) is 15.6. The first-order chi connectivity index (χ1) is 10.6. The van der Waals surface area contributed by atoms with Crippen LogP contribution in [0.3, 0.4) is 0 Å². The zero-order valence-electron chi connectivity index (χ0n) is 13.7. The van der Waals surface area contributed by atoms with Gasteiger partial charge in [-0.3, -0.25) is 0 Å². The van der Waals surface area contributed by atoms with Crippen molar-refractivity contribution in [3.05, 3.63) is 71.8 Å². The number of thioether (sulfide) groups is 1. The van der Waals surface area contributed by atoms with Gasteiger partial charge in [0.15, 0.2) is 0 Å². The predicted molar refractivity (Wildman–Crippen MR) is 98.2 cm³/mol. The number of allylic oxidation sites excluding steroid dienone is 3. The molecule has 0 spiro atoms. The Morgan fingerprint density at radius 1 is 1.14 bits per heavy atom. The molecule has 1 fully saturated rings. The molecule has 2 aliphatic rings. The van der Waals surface area contributed by atoms with Crippen LogP contribution in [0.4, 0.5) is 0 Å². The monoisotopic (exact) mass is 311 g/mol. The molecule has 1 aromatic carbocycles. The molecule has 0 aromatic heterocycles. The van der Waals surface area contributed by atoms with Gasteiger partial charge in [0.25, 0.3) is 0 Å². The Balaban J connectivity index is 1.96. The van der Waals surface area contributed by atoms with Gasteiger partial charge in [0.2, 0.25) is 0 Å². The van der Waals surface area contributed by atoms with E-state index >= 15 is 0 Å². The van der Waals surface area contributed by atoms with Crippen LogP contribution in [0.15, 0.2) is 66.3 Å². The maximum Gasteiger partial charge on any atom is 0.0601 e. The molecule has 3 rings (SSSR count). The van der Waals surface area contributed by atoms with Crippen LogP contribution in [0.5, 0.6) is 0 Å². The van der Waals surface area contributed by atoms with Crippen molar-refractivity contribution in [3.8, 4) is 0 Å². The molecule has 116 valence electrons. The first-order valence-electron chi connectivity index (χ1n) is 8.05. The third-order valence-corrected chi connectivity index (χ3v) is 6.30. The van der Waals surface area contributed by atoms with Gasteiger partial charge in [0.1, 0.15) is 0 Å². The summed E-state index contributed by atoms with van der Waals surface area (Å²) in [6, 6.07) is 11.0. The summed E-state index contributed by atoms with van der Waals surface area (Å²) in [5, 5.41) is 0.570. The summed E-state index contributed by atoms with van der Waals surface area (Å²) in [5.41, 5.74) is 3.00. The van der Waals surface area contributed by atoms with Crippen LogP contribution < -0.4 is 0 Å². The van der Waals surface area contributed by atoms with Gasteiger partial charge in [-0.1, -0.05) is 60.7 Å². The van der Waals surface area contributed by atoms with E-state index in [2.05, 4.69) is 98.4 Å². The number of fused-ring (bicyclic) bond motifs is 1. The predicted octanol–water partition coefficient (Wildman–Crippen LogP) is 4.64. The highest BCUT2D eigenvalue weighted by molar-refractivity contribution is 8.01. The van der Waals surface area contributed by atoms with E-state index in [0.717, 1.165) is 13.0 Å². The van der Waals surface area contributed by atoms with Crippen LogP contribution in [0.2, 0.25) is 0 Å². The van der Waals surface area contributed by atoms with E-state index in [1.54, 1.807) is 5.57 Å². The van der Waals surface area contributed by atoms with Crippen LogP contribution in [-0.4, -0.2) is 30.8 Å². The normalized spacial score (nSPS) is 31.9. The number of hydrogen-bond donors (Lipinski definition) is 0. The molecule has 1 nitrogen and oxygen atoms in total. The second kappa shape index (κ2) is 6.47. The summed E-state index contributed by atoms with van der Waals surface area (Å²) in [6.07, 6.45) is 12.8. The lowest BCUT2D eigenvalue weighted by atomic mass is 9.81. The van der Waals surface area contributed by atoms with Gasteiger partial charge in [-0.15, -0.1) is 11.8 Å². The standard InChI is InChI=1S/C20H25NS/c1-20(16-10-5-4-6-11-16)18(13-9-15-21(2)3)17-12-7-8-14-19(17)22-20/h4-8,10-14,17,19H,9,15H2,1-3H3/b18-13-. The molecular weight excluding hydrogens is 286 g/mol. The molecule has 2 heteroatoms. The van der Waals surface area contributed by atoms with Crippen molar-refractivity contribution in [1.82, 2.24) is 4.90 Å². The Bertz CT molecular complexity index is 599. The minimum atomic E-state index is 0.0852. The van der Waals surface area contributed by atoms with Crippen molar-refractivity contribution >= 4 is 11.8 Å². The minimum absolute atomic E-state index is 0.0852. The molecule has 1 aliphatic carbocycles. The van der Waals surface area contributed by atoms with Gasteiger partial charge in [0.05, 0.1) is 4.75 Å². The molecule has 0 N–H and O–H groups in total. The molecule has 1 aliphatic heterocycles. The van der Waals surface area contributed by atoms with Gasteiger partial charge in [0, 0.05) is 17.7 Å². The number of nitrogens with zero attached hydrogens (tertiary/aromatic N) is 1. The molecule has 22 heavy (non-hydrogen) atoms. The Kier molecular flexibility index (Phi) is 4.60. The van der Waals surface area contributed by atoms with E-state index < -0.39 is 0 Å². The lowest BCUT2D eigenvalue weighted by Crippen LogP contribution is -2.19. The quantitative estimate of drug-likeness (QED) is 0.745. The van der Waals surface area contributed by atoms with E-state index in [4.69, 9.17) is 0 Å². The zero-order valence-corrected chi connectivity index (χ0v) is 14.5. The van der Waals surface area contributed by atoms with Crippen molar-refractivity contribution in [2.24, 2.45) is 5.92 Å². The van der Waals surface area contributed by atoms with Crippen LogP contribution in [0.1, 0.15) is 18.9 Å². The smallest absolute Gasteiger partial charge is 0.0601 e. The van der Waals surface area contributed by atoms with Gasteiger partial charge in [-0.25, -0.2) is 0 Å². The molecule has 1 heterocycles. The molecule has 0 saturated carbocycles. The van der Waals surface area contributed by atoms with Gasteiger partial charge in [-0.05, 0) is 38.6 Å². The summed E-state index contributed by atoms with van der Waals surface area (Å²) in [7, 11) is 4.29. The molecule has 1 saturated heterocycles. The number of benzene rings is 1. The summed E-state index contributed by atoms with van der Waals surface area (Å²) >= 11 is 2.10. The Labute approximate surface area is 138 Å². The third kappa shape index (κ3) is 2.95. The maximum absolute atomic E-state index is 2.49. The molecule has 1 aromatic rings. The Hall–Kier alpha value is -1.25. The number of hydrogen-bond acceptors (Lipinski definition) is 2. The molecule has 0 amide bonds.